The molecular formula is C14H21NO4. The molecule has 106 valence electrons. The van der Waals surface area contributed by atoms with E-state index in [4.69, 9.17) is 5.11 Å². The molecule has 5 heteroatoms. The quantitative estimate of drug-likeness (QED) is 0.630. The van der Waals surface area contributed by atoms with Crippen LogP contribution in [0, 0.1) is 5.41 Å². The Labute approximate surface area is 112 Å². The topological polar surface area (TPSA) is 89.8 Å². The second kappa shape index (κ2) is 6.43. The van der Waals surface area contributed by atoms with Crippen LogP contribution in [0.15, 0.2) is 18.2 Å². The Morgan fingerprint density at radius 2 is 1.84 bits per heavy atom. The van der Waals surface area contributed by atoms with Gasteiger partial charge in [-0.25, -0.2) is 0 Å². The highest BCUT2D eigenvalue weighted by Crippen LogP contribution is 2.27. The number of aromatic hydroxyl groups is 2. The highest BCUT2D eigenvalue weighted by atomic mass is 16.3. The Morgan fingerprint density at radius 3 is 2.37 bits per heavy atom. The number of carbonyl (C=O) groups is 1. The van der Waals surface area contributed by atoms with Crippen molar-refractivity contribution in [2.45, 2.75) is 26.7 Å². The molecule has 1 amide bonds. The van der Waals surface area contributed by atoms with Gasteiger partial charge in [0.15, 0.2) is 0 Å². The van der Waals surface area contributed by atoms with E-state index >= 15 is 0 Å². The summed E-state index contributed by atoms with van der Waals surface area (Å²) in [5.74, 6) is -0.996. The monoisotopic (exact) mass is 267 g/mol. The fraction of sp³-hybridized carbons (Fsp3) is 0.500. The predicted molar refractivity (Wildman–Crippen MR) is 72.2 cm³/mol. The Hall–Kier alpha value is -1.75. The first-order chi connectivity index (χ1) is 8.87. The van der Waals surface area contributed by atoms with Crippen molar-refractivity contribution in [1.82, 2.24) is 5.32 Å². The fourth-order valence-electron chi connectivity index (χ4n) is 1.81. The average molecular weight is 267 g/mol. The zero-order chi connectivity index (χ0) is 14.5. The molecular weight excluding hydrogens is 246 g/mol. The van der Waals surface area contributed by atoms with E-state index in [2.05, 4.69) is 5.32 Å². The predicted octanol–water partition coefficient (Wildman–Crippen LogP) is 1.63. The number of rotatable bonds is 6. The van der Waals surface area contributed by atoms with E-state index in [9.17, 15) is 15.0 Å². The summed E-state index contributed by atoms with van der Waals surface area (Å²) in [4.78, 5) is 11.9. The Bertz CT molecular complexity index is 423. The van der Waals surface area contributed by atoms with Gasteiger partial charge in [-0.05, 0) is 30.4 Å². The van der Waals surface area contributed by atoms with E-state index in [1.54, 1.807) is 0 Å². The molecule has 0 atom stereocenters. The van der Waals surface area contributed by atoms with Crippen molar-refractivity contribution in [3.05, 3.63) is 23.8 Å². The molecule has 0 bridgehead atoms. The van der Waals surface area contributed by atoms with Gasteiger partial charge >= 0.3 is 0 Å². The summed E-state index contributed by atoms with van der Waals surface area (Å²) >= 11 is 0. The SMILES string of the molecule is CC(C)(CCCO)CNC(=O)c1c(O)cccc1O. The lowest BCUT2D eigenvalue weighted by Crippen LogP contribution is -2.34. The molecule has 0 radical (unpaired) electrons. The summed E-state index contributed by atoms with van der Waals surface area (Å²) in [5, 5.41) is 30.7. The minimum Gasteiger partial charge on any atom is -0.507 e. The normalized spacial score (nSPS) is 11.3. The third-order valence-corrected chi connectivity index (χ3v) is 2.99. The Balaban J connectivity index is 2.66. The van der Waals surface area contributed by atoms with Gasteiger partial charge in [0, 0.05) is 13.2 Å². The third kappa shape index (κ3) is 4.44. The second-order valence-electron chi connectivity index (χ2n) is 5.35. The summed E-state index contributed by atoms with van der Waals surface area (Å²) < 4.78 is 0. The molecule has 0 aliphatic heterocycles. The Morgan fingerprint density at radius 1 is 1.26 bits per heavy atom. The number of phenols is 2. The molecule has 4 N–H and O–H groups in total. The van der Waals surface area contributed by atoms with E-state index in [1.165, 1.54) is 18.2 Å². The van der Waals surface area contributed by atoms with Crippen LogP contribution in [0.2, 0.25) is 0 Å². The summed E-state index contributed by atoms with van der Waals surface area (Å²) in [5.41, 5.74) is -0.265. The zero-order valence-corrected chi connectivity index (χ0v) is 11.3. The molecule has 0 spiro atoms. The molecule has 5 nitrogen and oxygen atoms in total. The molecule has 1 aromatic carbocycles. The number of carbonyl (C=O) groups excluding carboxylic acids is 1. The maximum atomic E-state index is 11.9. The molecule has 0 aromatic heterocycles. The number of phenolic OH excluding ortho intramolecular Hbond substituents is 2. The van der Waals surface area contributed by atoms with Crippen LogP contribution in [0.1, 0.15) is 37.0 Å². The maximum Gasteiger partial charge on any atom is 0.258 e. The minimum absolute atomic E-state index is 0.111. The van der Waals surface area contributed by atoms with Crippen molar-refractivity contribution >= 4 is 5.91 Å². The minimum atomic E-state index is -0.507. The molecule has 0 unspecified atom stereocenters. The van der Waals surface area contributed by atoms with Crippen LogP contribution in [-0.2, 0) is 0 Å². The average Bonchev–Trinajstić information content (AvgIpc) is 2.34. The van der Waals surface area contributed by atoms with Crippen LogP contribution < -0.4 is 5.32 Å². The highest BCUT2D eigenvalue weighted by Gasteiger charge is 2.21. The van der Waals surface area contributed by atoms with Gasteiger partial charge in [0.1, 0.15) is 17.1 Å². The third-order valence-electron chi connectivity index (χ3n) is 2.99. The molecule has 0 aliphatic rings. The first kappa shape index (κ1) is 15.3. The van der Waals surface area contributed by atoms with Crippen molar-refractivity contribution < 1.29 is 20.1 Å². The number of benzene rings is 1. The summed E-state index contributed by atoms with van der Waals surface area (Å²) in [6, 6.07) is 4.17. The number of aliphatic hydroxyl groups is 1. The van der Waals surface area contributed by atoms with Crippen LogP contribution in [0.25, 0.3) is 0 Å². The molecule has 0 saturated carbocycles. The Kier molecular flexibility index (Phi) is 5.18. The van der Waals surface area contributed by atoms with Gasteiger partial charge in [-0.1, -0.05) is 19.9 Å². The lowest BCUT2D eigenvalue weighted by atomic mass is 9.88. The van der Waals surface area contributed by atoms with Gasteiger partial charge in [0.25, 0.3) is 5.91 Å². The van der Waals surface area contributed by atoms with E-state index in [1.807, 2.05) is 13.8 Å². The van der Waals surface area contributed by atoms with Crippen LogP contribution in [-0.4, -0.2) is 34.4 Å². The highest BCUT2D eigenvalue weighted by molar-refractivity contribution is 5.99. The molecule has 0 heterocycles. The van der Waals surface area contributed by atoms with E-state index in [-0.39, 0.29) is 29.1 Å². The van der Waals surface area contributed by atoms with Gasteiger partial charge in [0.2, 0.25) is 0 Å². The standard InChI is InChI=1S/C14H21NO4/c1-14(2,7-4-8-16)9-15-13(19)12-10(17)5-3-6-11(12)18/h3,5-6,16-18H,4,7-9H2,1-2H3,(H,15,19). The smallest absolute Gasteiger partial charge is 0.258 e. The number of aliphatic hydroxyl groups excluding tert-OH is 1. The molecule has 1 rings (SSSR count). The van der Waals surface area contributed by atoms with Gasteiger partial charge in [-0.2, -0.15) is 0 Å². The maximum absolute atomic E-state index is 11.9. The lowest BCUT2D eigenvalue weighted by molar-refractivity contribution is 0.0927. The largest absolute Gasteiger partial charge is 0.507 e. The van der Waals surface area contributed by atoms with Crippen molar-refractivity contribution in [2.75, 3.05) is 13.2 Å². The molecule has 19 heavy (non-hydrogen) atoms. The van der Waals surface area contributed by atoms with Crippen molar-refractivity contribution in [2.24, 2.45) is 5.41 Å². The van der Waals surface area contributed by atoms with Crippen LogP contribution >= 0.6 is 0 Å². The van der Waals surface area contributed by atoms with Crippen molar-refractivity contribution in [1.29, 1.82) is 0 Å². The molecule has 0 saturated heterocycles. The van der Waals surface area contributed by atoms with Gasteiger partial charge in [0.05, 0.1) is 0 Å². The number of nitrogens with one attached hydrogen (secondary N) is 1. The first-order valence-corrected chi connectivity index (χ1v) is 6.27. The summed E-state index contributed by atoms with van der Waals surface area (Å²) in [7, 11) is 0. The number of amides is 1. The van der Waals surface area contributed by atoms with Crippen molar-refractivity contribution in [3.8, 4) is 11.5 Å². The molecule has 1 aromatic rings. The molecule has 0 fully saturated rings. The van der Waals surface area contributed by atoms with Crippen LogP contribution in [0.5, 0.6) is 11.5 Å². The number of hydrogen-bond donors (Lipinski definition) is 4. The van der Waals surface area contributed by atoms with Crippen molar-refractivity contribution in [3.63, 3.8) is 0 Å². The van der Waals surface area contributed by atoms with Gasteiger partial charge in [-0.3, -0.25) is 4.79 Å². The lowest BCUT2D eigenvalue weighted by Gasteiger charge is -2.24. The summed E-state index contributed by atoms with van der Waals surface area (Å²) in [6.45, 7) is 4.48. The second-order valence-corrected chi connectivity index (χ2v) is 5.35. The fourth-order valence-corrected chi connectivity index (χ4v) is 1.81. The van der Waals surface area contributed by atoms with E-state index < -0.39 is 5.91 Å². The summed E-state index contributed by atoms with van der Waals surface area (Å²) in [6.07, 6.45) is 1.45. The van der Waals surface area contributed by atoms with Gasteiger partial charge in [-0.15, -0.1) is 0 Å². The van der Waals surface area contributed by atoms with E-state index in [0.717, 1.165) is 6.42 Å². The molecule has 0 aliphatic carbocycles. The first-order valence-electron chi connectivity index (χ1n) is 6.27. The van der Waals surface area contributed by atoms with Crippen LogP contribution in [0.3, 0.4) is 0 Å². The number of hydrogen-bond acceptors (Lipinski definition) is 4. The van der Waals surface area contributed by atoms with E-state index in [0.29, 0.717) is 13.0 Å². The zero-order valence-electron chi connectivity index (χ0n) is 11.3. The van der Waals surface area contributed by atoms with Crippen LogP contribution in [0.4, 0.5) is 0 Å². The van der Waals surface area contributed by atoms with Gasteiger partial charge < -0.3 is 20.6 Å².